The Morgan fingerprint density at radius 1 is 0.889 bits per heavy atom. The number of piperidine rings is 2. The van der Waals surface area contributed by atoms with E-state index in [9.17, 15) is 19.5 Å². The van der Waals surface area contributed by atoms with Crippen LogP contribution in [0.2, 0.25) is 0 Å². The standard InChI is InChI=1S/C41H48N2O3.C5H7NO2/c1-3-37(32-12-5-4-6-13-32)40(38-21-17-35(44)25-29(38)2)33-15-18-36(19-16-33)46-24-23-43-22-8-11-31(28-43)10-7-9-30-14-20-39-34(26-30)27-42-41(39)45;7-4-2-1-3-5(8)6-4/h4-6,12-21,25-26,31,37,40,44H,3,7-11,22-24,27-28H2,1-2H3,(H,42,45);1-3H2,(H,6,7,8). The molecule has 54 heavy (non-hydrogen) atoms. The fourth-order valence-corrected chi connectivity index (χ4v) is 8.38. The number of likely N-dealkylation sites (tertiary alicyclic amines) is 1. The first kappa shape index (κ1) is 38.8. The number of hydrogen-bond acceptors (Lipinski definition) is 6. The predicted octanol–water partition coefficient (Wildman–Crippen LogP) is 8.20. The SMILES string of the molecule is CCC(c1ccccc1)C(c1ccc(OCCN2CCCC(CCCc3ccc4c(c3)CNC4=O)C2)cc1)c1ccc(O)cc1C.O=C1CCCC(=O)N1. The highest BCUT2D eigenvalue weighted by Crippen LogP contribution is 2.42. The maximum Gasteiger partial charge on any atom is 0.251 e. The molecule has 3 unspecified atom stereocenters. The summed E-state index contributed by atoms with van der Waals surface area (Å²) in [7, 11) is 0. The Morgan fingerprint density at radius 2 is 1.67 bits per heavy atom. The number of aromatic hydroxyl groups is 1. The van der Waals surface area contributed by atoms with Crippen molar-refractivity contribution in [2.75, 3.05) is 26.2 Å². The van der Waals surface area contributed by atoms with Gasteiger partial charge in [-0.2, -0.15) is 0 Å². The number of hydrogen-bond donors (Lipinski definition) is 3. The fraction of sp³-hybridized carbons (Fsp3) is 0.413. The highest BCUT2D eigenvalue weighted by molar-refractivity contribution is 5.98. The average Bonchev–Trinajstić information content (AvgIpc) is 3.55. The lowest BCUT2D eigenvalue weighted by Gasteiger charge is -2.32. The molecule has 0 radical (unpaired) electrons. The van der Waals surface area contributed by atoms with Gasteiger partial charge in [-0.25, -0.2) is 0 Å². The first-order chi connectivity index (χ1) is 26.3. The highest BCUT2D eigenvalue weighted by atomic mass is 16.5. The van der Waals surface area contributed by atoms with Crippen LogP contribution in [0, 0.1) is 12.8 Å². The fourth-order valence-electron chi connectivity index (χ4n) is 8.38. The van der Waals surface area contributed by atoms with E-state index in [2.05, 4.69) is 102 Å². The number of aryl methyl sites for hydroxylation is 2. The van der Waals surface area contributed by atoms with Gasteiger partial charge in [0.2, 0.25) is 11.8 Å². The zero-order valence-electron chi connectivity index (χ0n) is 31.8. The number of amides is 3. The van der Waals surface area contributed by atoms with Gasteiger partial charge >= 0.3 is 0 Å². The van der Waals surface area contributed by atoms with Crippen LogP contribution in [-0.4, -0.2) is 54.0 Å². The number of rotatable bonds is 13. The van der Waals surface area contributed by atoms with Gasteiger partial charge in [-0.3, -0.25) is 24.6 Å². The summed E-state index contributed by atoms with van der Waals surface area (Å²) in [6, 6.07) is 31.6. The number of ether oxygens (including phenoxy) is 1. The summed E-state index contributed by atoms with van der Waals surface area (Å²) < 4.78 is 6.27. The molecule has 8 nitrogen and oxygen atoms in total. The summed E-state index contributed by atoms with van der Waals surface area (Å²) in [5, 5.41) is 15.2. The molecule has 0 bridgehead atoms. The molecule has 2 saturated heterocycles. The summed E-state index contributed by atoms with van der Waals surface area (Å²) in [4.78, 5) is 35.1. The van der Waals surface area contributed by atoms with Crippen LogP contribution in [0.4, 0.5) is 0 Å². The van der Waals surface area contributed by atoms with Crippen molar-refractivity contribution in [2.24, 2.45) is 5.92 Å². The monoisotopic (exact) mass is 729 g/mol. The first-order valence-electron chi connectivity index (χ1n) is 19.8. The third-order valence-electron chi connectivity index (χ3n) is 11.2. The van der Waals surface area contributed by atoms with Crippen molar-refractivity contribution in [2.45, 2.75) is 90.0 Å². The molecule has 3 N–H and O–H groups in total. The van der Waals surface area contributed by atoms with E-state index in [0.29, 0.717) is 44.1 Å². The normalized spacial score (nSPS) is 18.1. The van der Waals surface area contributed by atoms with Gasteiger partial charge in [-0.15, -0.1) is 0 Å². The maximum atomic E-state index is 11.8. The average molecular weight is 730 g/mol. The van der Waals surface area contributed by atoms with Crippen LogP contribution in [-0.2, 0) is 22.6 Å². The third-order valence-corrected chi connectivity index (χ3v) is 11.2. The molecule has 4 aromatic carbocycles. The molecule has 4 aromatic rings. The minimum atomic E-state index is -0.138. The number of nitrogens with zero attached hydrogens (tertiary/aromatic N) is 1. The molecule has 0 aromatic heterocycles. The third kappa shape index (κ3) is 10.4. The molecular formula is C46H55N3O5. The van der Waals surface area contributed by atoms with Gasteiger partial charge in [0.25, 0.3) is 5.91 Å². The molecule has 0 spiro atoms. The summed E-state index contributed by atoms with van der Waals surface area (Å²) >= 11 is 0. The van der Waals surface area contributed by atoms with Gasteiger partial charge in [0.1, 0.15) is 18.1 Å². The number of fused-ring (bicyclic) bond motifs is 1. The smallest absolute Gasteiger partial charge is 0.251 e. The predicted molar refractivity (Wildman–Crippen MR) is 213 cm³/mol. The molecule has 2 fully saturated rings. The molecule has 3 aliphatic rings. The number of phenolic OH excluding ortho intramolecular Hbond substituents is 1. The van der Waals surface area contributed by atoms with E-state index in [1.54, 1.807) is 0 Å². The van der Waals surface area contributed by atoms with Crippen LogP contribution in [0.5, 0.6) is 11.5 Å². The second-order valence-electron chi connectivity index (χ2n) is 15.1. The van der Waals surface area contributed by atoms with E-state index in [1.165, 1.54) is 47.9 Å². The largest absolute Gasteiger partial charge is 0.508 e. The lowest BCUT2D eigenvalue weighted by Crippen LogP contribution is -2.38. The van der Waals surface area contributed by atoms with E-state index in [4.69, 9.17) is 4.74 Å². The minimum absolute atomic E-state index is 0.0584. The van der Waals surface area contributed by atoms with Crippen LogP contribution in [0.3, 0.4) is 0 Å². The molecule has 0 saturated carbocycles. The number of carbonyl (C=O) groups excluding carboxylic acids is 3. The molecule has 8 heteroatoms. The first-order valence-corrected chi connectivity index (χ1v) is 19.8. The number of imide groups is 1. The van der Waals surface area contributed by atoms with E-state index < -0.39 is 0 Å². The van der Waals surface area contributed by atoms with Crippen molar-refractivity contribution >= 4 is 17.7 Å². The van der Waals surface area contributed by atoms with E-state index in [1.807, 2.05) is 18.2 Å². The topological polar surface area (TPSA) is 108 Å². The van der Waals surface area contributed by atoms with Crippen LogP contribution in [0.25, 0.3) is 0 Å². The second-order valence-corrected chi connectivity index (χ2v) is 15.1. The van der Waals surface area contributed by atoms with Crippen LogP contribution in [0.1, 0.15) is 114 Å². The van der Waals surface area contributed by atoms with Crippen molar-refractivity contribution in [3.63, 3.8) is 0 Å². The molecule has 7 rings (SSSR count). The second kappa shape index (κ2) is 18.9. The Hall–Kier alpha value is -4.95. The van der Waals surface area contributed by atoms with Gasteiger partial charge in [0.15, 0.2) is 0 Å². The van der Waals surface area contributed by atoms with Crippen molar-refractivity contribution in [3.05, 3.63) is 130 Å². The Morgan fingerprint density at radius 3 is 2.37 bits per heavy atom. The van der Waals surface area contributed by atoms with Crippen molar-refractivity contribution in [1.82, 2.24) is 15.5 Å². The Bertz CT molecular complexity index is 1860. The molecular weight excluding hydrogens is 675 g/mol. The lowest BCUT2D eigenvalue weighted by molar-refractivity contribution is -0.132. The Labute approximate surface area is 320 Å². The quantitative estimate of drug-likeness (QED) is 0.120. The van der Waals surface area contributed by atoms with Crippen molar-refractivity contribution in [3.8, 4) is 11.5 Å². The number of nitrogens with one attached hydrogen (secondary N) is 2. The van der Waals surface area contributed by atoms with Crippen molar-refractivity contribution < 1.29 is 24.2 Å². The van der Waals surface area contributed by atoms with Gasteiger partial charge in [0.05, 0.1) is 0 Å². The summed E-state index contributed by atoms with van der Waals surface area (Å²) in [5.74, 6) is 2.24. The summed E-state index contributed by atoms with van der Waals surface area (Å²) in [6.45, 7) is 8.96. The van der Waals surface area contributed by atoms with Crippen LogP contribution in [0.15, 0.2) is 91.0 Å². The van der Waals surface area contributed by atoms with E-state index >= 15 is 0 Å². The van der Waals surface area contributed by atoms with Crippen LogP contribution < -0.4 is 15.4 Å². The Kier molecular flexibility index (Phi) is 13.6. The van der Waals surface area contributed by atoms with Gasteiger partial charge in [0, 0.05) is 44.0 Å². The van der Waals surface area contributed by atoms with E-state index in [0.717, 1.165) is 60.8 Å². The molecule has 3 atom stereocenters. The highest BCUT2D eigenvalue weighted by Gasteiger charge is 2.27. The zero-order valence-corrected chi connectivity index (χ0v) is 31.8. The van der Waals surface area contributed by atoms with Crippen molar-refractivity contribution in [1.29, 1.82) is 0 Å². The maximum absolute atomic E-state index is 11.8. The Balaban J connectivity index is 0.000000552. The summed E-state index contributed by atoms with van der Waals surface area (Å²) in [5.41, 5.74) is 8.29. The lowest BCUT2D eigenvalue weighted by atomic mass is 9.74. The number of benzene rings is 4. The van der Waals surface area contributed by atoms with Gasteiger partial charge < -0.3 is 15.2 Å². The zero-order chi connectivity index (χ0) is 37.9. The molecule has 0 aliphatic carbocycles. The molecule has 3 aliphatic heterocycles. The number of carbonyl (C=O) groups is 3. The molecule has 3 amide bonds. The summed E-state index contributed by atoms with van der Waals surface area (Å²) in [6.07, 6.45) is 8.81. The molecule has 3 heterocycles. The number of phenols is 1. The molecule has 284 valence electrons. The van der Waals surface area contributed by atoms with Gasteiger partial charge in [-0.1, -0.05) is 67.6 Å². The van der Waals surface area contributed by atoms with E-state index in [-0.39, 0.29) is 23.6 Å². The minimum Gasteiger partial charge on any atom is -0.508 e. The van der Waals surface area contributed by atoms with Gasteiger partial charge in [-0.05, 0) is 134 Å². The van der Waals surface area contributed by atoms with Crippen LogP contribution >= 0.6 is 0 Å².